The average molecular weight is 408 g/mol. The third-order valence-electron chi connectivity index (χ3n) is 3.41. The molecule has 25 heavy (non-hydrogen) atoms. The Bertz CT molecular complexity index is 948. The van der Waals surface area contributed by atoms with Crippen LogP contribution in [0.3, 0.4) is 0 Å². The Kier molecular flexibility index (Phi) is 5.18. The molecule has 0 saturated heterocycles. The summed E-state index contributed by atoms with van der Waals surface area (Å²) in [6, 6.07) is 6.80. The van der Waals surface area contributed by atoms with Crippen LogP contribution in [0, 0.1) is 11.6 Å². The molecule has 0 N–H and O–H groups in total. The zero-order valence-electron chi connectivity index (χ0n) is 12.8. The molecular weight excluding hydrogens is 396 g/mol. The van der Waals surface area contributed by atoms with Gasteiger partial charge in [0, 0.05) is 24.0 Å². The summed E-state index contributed by atoms with van der Waals surface area (Å²) in [7, 11) is 0. The van der Waals surface area contributed by atoms with Crippen LogP contribution in [-0.4, -0.2) is 14.5 Å². The van der Waals surface area contributed by atoms with E-state index in [4.69, 9.17) is 4.74 Å². The number of ether oxygens (including phenoxy) is 1. The number of rotatable bonds is 5. The van der Waals surface area contributed by atoms with Gasteiger partial charge in [-0.2, -0.15) is 0 Å². The molecule has 2 heterocycles. The van der Waals surface area contributed by atoms with E-state index in [2.05, 4.69) is 25.9 Å². The molecule has 0 fully saturated rings. The van der Waals surface area contributed by atoms with E-state index in [1.165, 1.54) is 17.0 Å². The first-order valence-electron chi connectivity index (χ1n) is 7.25. The molecule has 2 aromatic heterocycles. The van der Waals surface area contributed by atoms with Crippen molar-refractivity contribution < 1.29 is 13.5 Å². The number of benzene rings is 1. The van der Waals surface area contributed by atoms with Crippen LogP contribution in [0.25, 0.3) is 0 Å². The number of hydrogen-bond acceptors (Lipinski definition) is 4. The first kappa shape index (κ1) is 17.2. The summed E-state index contributed by atoms with van der Waals surface area (Å²) in [6.07, 6.45) is 4.64. The van der Waals surface area contributed by atoms with Crippen molar-refractivity contribution in [1.82, 2.24) is 14.5 Å². The molecule has 8 heteroatoms. The minimum atomic E-state index is -0.721. The van der Waals surface area contributed by atoms with Crippen molar-refractivity contribution >= 4 is 15.9 Å². The fourth-order valence-corrected chi connectivity index (χ4v) is 2.58. The zero-order chi connectivity index (χ0) is 17.8. The van der Waals surface area contributed by atoms with Crippen LogP contribution in [0.2, 0.25) is 0 Å². The molecule has 128 valence electrons. The van der Waals surface area contributed by atoms with Gasteiger partial charge >= 0.3 is 0 Å². The van der Waals surface area contributed by atoms with Gasteiger partial charge in [0.25, 0.3) is 5.56 Å². The van der Waals surface area contributed by atoms with Crippen molar-refractivity contribution in [2.45, 2.75) is 13.2 Å². The molecule has 0 bridgehead atoms. The molecule has 0 aliphatic heterocycles. The fraction of sp³-hybridized carbons (Fsp3) is 0.118. The van der Waals surface area contributed by atoms with Crippen LogP contribution in [0.1, 0.15) is 11.1 Å². The second-order valence-electron chi connectivity index (χ2n) is 5.18. The van der Waals surface area contributed by atoms with E-state index < -0.39 is 11.6 Å². The Morgan fingerprint density at radius 1 is 1.24 bits per heavy atom. The maximum atomic E-state index is 13.6. The standard InChI is InChI=1S/C17H12BrF2N3O2/c18-15-16(25-9-12-3-4-13(19)6-14(12)20)22-10-23(17(15)24)8-11-2-1-5-21-7-11/h1-7,10H,8-9H2. The summed E-state index contributed by atoms with van der Waals surface area (Å²) in [5.41, 5.74) is 0.670. The molecular formula is C17H12BrF2N3O2. The summed E-state index contributed by atoms with van der Waals surface area (Å²) in [5.74, 6) is -1.35. The van der Waals surface area contributed by atoms with Gasteiger partial charge in [-0.1, -0.05) is 6.07 Å². The highest BCUT2D eigenvalue weighted by molar-refractivity contribution is 9.10. The monoisotopic (exact) mass is 407 g/mol. The molecule has 0 spiro atoms. The molecule has 0 saturated carbocycles. The minimum Gasteiger partial charge on any atom is -0.472 e. The molecule has 5 nitrogen and oxygen atoms in total. The van der Waals surface area contributed by atoms with E-state index in [0.717, 1.165) is 17.7 Å². The number of pyridine rings is 1. The second kappa shape index (κ2) is 7.52. The van der Waals surface area contributed by atoms with Gasteiger partial charge in [-0.05, 0) is 39.7 Å². The summed E-state index contributed by atoms with van der Waals surface area (Å²) >= 11 is 3.16. The van der Waals surface area contributed by atoms with Crippen molar-refractivity contribution in [1.29, 1.82) is 0 Å². The lowest BCUT2D eigenvalue weighted by atomic mass is 10.2. The number of halogens is 3. The lowest BCUT2D eigenvalue weighted by molar-refractivity contribution is 0.283. The van der Waals surface area contributed by atoms with Gasteiger partial charge in [0.1, 0.15) is 29.0 Å². The highest BCUT2D eigenvalue weighted by Gasteiger charge is 2.12. The Balaban J connectivity index is 1.77. The van der Waals surface area contributed by atoms with Crippen molar-refractivity contribution in [2.75, 3.05) is 0 Å². The molecule has 3 rings (SSSR count). The number of aromatic nitrogens is 3. The first-order valence-corrected chi connectivity index (χ1v) is 8.04. The highest BCUT2D eigenvalue weighted by atomic mass is 79.9. The molecule has 0 aliphatic rings. The SMILES string of the molecule is O=c1c(Br)c(OCc2ccc(F)cc2F)ncn1Cc1cccnc1. The highest BCUT2D eigenvalue weighted by Crippen LogP contribution is 2.19. The predicted octanol–water partition coefficient (Wildman–Crippen LogP) is 3.31. The minimum absolute atomic E-state index is 0.0381. The van der Waals surface area contributed by atoms with Crippen LogP contribution in [0.5, 0.6) is 5.88 Å². The molecule has 0 aliphatic carbocycles. The smallest absolute Gasteiger partial charge is 0.271 e. The van der Waals surface area contributed by atoms with E-state index in [0.29, 0.717) is 6.54 Å². The molecule has 1 aromatic carbocycles. The summed E-state index contributed by atoms with van der Waals surface area (Å²) in [6.45, 7) is 0.134. The zero-order valence-corrected chi connectivity index (χ0v) is 14.4. The Morgan fingerprint density at radius 2 is 2.08 bits per heavy atom. The van der Waals surface area contributed by atoms with Crippen LogP contribution < -0.4 is 10.3 Å². The van der Waals surface area contributed by atoms with Crippen LogP contribution in [0.4, 0.5) is 8.78 Å². The van der Waals surface area contributed by atoms with Gasteiger partial charge < -0.3 is 4.74 Å². The van der Waals surface area contributed by atoms with Crippen LogP contribution in [-0.2, 0) is 13.2 Å². The van der Waals surface area contributed by atoms with E-state index in [1.54, 1.807) is 18.5 Å². The van der Waals surface area contributed by atoms with Crippen molar-refractivity contribution in [3.8, 4) is 5.88 Å². The maximum Gasteiger partial charge on any atom is 0.271 e. The van der Waals surface area contributed by atoms with Gasteiger partial charge in [0.05, 0.1) is 6.54 Å². The topological polar surface area (TPSA) is 57.0 Å². The largest absolute Gasteiger partial charge is 0.472 e. The van der Waals surface area contributed by atoms with Crippen molar-refractivity contribution in [3.05, 3.63) is 86.6 Å². The van der Waals surface area contributed by atoms with Gasteiger partial charge in [0.2, 0.25) is 5.88 Å². The summed E-state index contributed by atoms with van der Waals surface area (Å²) in [5, 5.41) is 0. The summed E-state index contributed by atoms with van der Waals surface area (Å²) in [4.78, 5) is 20.4. The van der Waals surface area contributed by atoms with Crippen molar-refractivity contribution in [2.24, 2.45) is 0 Å². The van der Waals surface area contributed by atoms with Gasteiger partial charge in [-0.3, -0.25) is 14.3 Å². The van der Waals surface area contributed by atoms with E-state index in [1.807, 2.05) is 6.07 Å². The lowest BCUT2D eigenvalue weighted by Gasteiger charge is -2.10. The third-order valence-corrected chi connectivity index (χ3v) is 4.08. The van der Waals surface area contributed by atoms with Gasteiger partial charge in [-0.15, -0.1) is 0 Å². The third kappa shape index (κ3) is 4.08. The Morgan fingerprint density at radius 3 is 2.80 bits per heavy atom. The Hall–Kier alpha value is -2.61. The quantitative estimate of drug-likeness (QED) is 0.650. The maximum absolute atomic E-state index is 13.6. The molecule has 0 radical (unpaired) electrons. The van der Waals surface area contributed by atoms with E-state index in [9.17, 15) is 13.6 Å². The molecule has 0 atom stereocenters. The van der Waals surface area contributed by atoms with Gasteiger partial charge in [0.15, 0.2) is 0 Å². The average Bonchev–Trinajstić information content (AvgIpc) is 2.61. The summed E-state index contributed by atoms with van der Waals surface area (Å²) < 4.78 is 33.4. The number of hydrogen-bond donors (Lipinski definition) is 0. The number of nitrogens with zero attached hydrogens (tertiary/aromatic N) is 3. The second-order valence-corrected chi connectivity index (χ2v) is 5.98. The molecule has 3 aromatic rings. The first-order chi connectivity index (χ1) is 12.0. The molecule has 0 unspecified atom stereocenters. The normalized spacial score (nSPS) is 10.7. The predicted molar refractivity (Wildman–Crippen MR) is 90.2 cm³/mol. The fourth-order valence-electron chi connectivity index (χ4n) is 2.14. The lowest BCUT2D eigenvalue weighted by Crippen LogP contribution is -2.22. The molecule has 0 amide bonds. The van der Waals surface area contributed by atoms with Gasteiger partial charge in [-0.25, -0.2) is 13.8 Å². The van der Waals surface area contributed by atoms with Crippen LogP contribution in [0.15, 0.2) is 58.3 Å². The van der Waals surface area contributed by atoms with E-state index in [-0.39, 0.29) is 28.1 Å². The van der Waals surface area contributed by atoms with Crippen LogP contribution >= 0.6 is 15.9 Å². The van der Waals surface area contributed by atoms with E-state index >= 15 is 0 Å². The van der Waals surface area contributed by atoms with Crippen molar-refractivity contribution in [3.63, 3.8) is 0 Å². The Labute approximate surface area is 150 Å².